The molecule has 1 aromatic rings. The zero-order chi connectivity index (χ0) is 11.0. The molecule has 15 heavy (non-hydrogen) atoms. The second-order valence-corrected chi connectivity index (χ2v) is 4.36. The fourth-order valence-electron chi connectivity index (χ4n) is 1.88. The topological polar surface area (TPSA) is 34.1 Å². The molecule has 2 nitrogen and oxygen atoms in total. The fraction of sp³-hybridized carbons (Fsp3) is 0.273. The Labute approximate surface area is 97.2 Å². The van der Waals surface area contributed by atoms with Crippen LogP contribution in [-0.2, 0) is 4.79 Å². The summed E-state index contributed by atoms with van der Waals surface area (Å²) >= 11 is 11.3. The molecule has 0 saturated heterocycles. The largest absolute Gasteiger partial charge is 0.294 e. The average molecular weight is 243 g/mol. The van der Waals surface area contributed by atoms with Crippen molar-refractivity contribution in [2.45, 2.75) is 18.8 Å². The van der Waals surface area contributed by atoms with Gasteiger partial charge in [0.15, 0.2) is 5.78 Å². The van der Waals surface area contributed by atoms with Crippen LogP contribution >= 0.6 is 23.2 Å². The Kier molecular flexibility index (Phi) is 2.81. The van der Waals surface area contributed by atoms with E-state index in [9.17, 15) is 9.59 Å². The Morgan fingerprint density at radius 1 is 1.40 bits per heavy atom. The molecule has 2 rings (SSSR count). The minimum atomic E-state index is -0.411. The van der Waals surface area contributed by atoms with Crippen LogP contribution in [0.5, 0.6) is 0 Å². The van der Waals surface area contributed by atoms with Crippen LogP contribution in [0.15, 0.2) is 18.2 Å². The van der Waals surface area contributed by atoms with Gasteiger partial charge >= 0.3 is 0 Å². The average Bonchev–Trinajstić information content (AvgIpc) is 2.19. The van der Waals surface area contributed by atoms with E-state index < -0.39 is 5.24 Å². The summed E-state index contributed by atoms with van der Waals surface area (Å²) < 4.78 is 0. The molecule has 0 aromatic heterocycles. The maximum absolute atomic E-state index is 11.6. The predicted octanol–water partition coefficient (Wildman–Crippen LogP) is 3.17. The van der Waals surface area contributed by atoms with Crippen molar-refractivity contribution < 1.29 is 9.59 Å². The molecule has 0 heterocycles. The van der Waals surface area contributed by atoms with E-state index in [-0.39, 0.29) is 11.7 Å². The number of fused-ring (bicyclic) bond motifs is 1. The molecule has 0 spiro atoms. The third-order valence-electron chi connectivity index (χ3n) is 2.63. The van der Waals surface area contributed by atoms with Crippen LogP contribution in [-0.4, -0.2) is 11.0 Å². The van der Waals surface area contributed by atoms with Crippen LogP contribution in [0, 0.1) is 0 Å². The van der Waals surface area contributed by atoms with Gasteiger partial charge in [-0.1, -0.05) is 17.7 Å². The van der Waals surface area contributed by atoms with Crippen LogP contribution in [0.4, 0.5) is 0 Å². The van der Waals surface area contributed by atoms with E-state index in [0.717, 1.165) is 0 Å². The van der Waals surface area contributed by atoms with Crippen molar-refractivity contribution >= 4 is 34.2 Å². The molecule has 1 aliphatic carbocycles. The summed E-state index contributed by atoms with van der Waals surface area (Å²) in [5.74, 6) is -0.335. The number of carbonyl (C=O) groups excluding carboxylic acids is 2. The number of halogens is 2. The first-order valence-corrected chi connectivity index (χ1v) is 5.37. The highest BCUT2D eigenvalue weighted by Crippen LogP contribution is 2.34. The number of hydrogen-bond donors (Lipinski definition) is 0. The highest BCUT2D eigenvalue weighted by Gasteiger charge is 2.29. The molecule has 1 unspecified atom stereocenters. The normalized spacial score (nSPS) is 19.9. The second-order valence-electron chi connectivity index (χ2n) is 3.55. The molecule has 4 heteroatoms. The van der Waals surface area contributed by atoms with E-state index in [1.807, 2.05) is 0 Å². The van der Waals surface area contributed by atoms with Gasteiger partial charge < -0.3 is 0 Å². The lowest BCUT2D eigenvalue weighted by Gasteiger charge is -2.21. The summed E-state index contributed by atoms with van der Waals surface area (Å²) in [6.45, 7) is 0. The van der Waals surface area contributed by atoms with Crippen molar-refractivity contribution in [2.75, 3.05) is 0 Å². The van der Waals surface area contributed by atoms with Crippen LogP contribution < -0.4 is 0 Å². The van der Waals surface area contributed by atoms with Gasteiger partial charge in [-0.25, -0.2) is 0 Å². The lowest BCUT2D eigenvalue weighted by Crippen LogP contribution is -2.19. The zero-order valence-electron chi connectivity index (χ0n) is 7.80. The van der Waals surface area contributed by atoms with Gasteiger partial charge in [0, 0.05) is 17.0 Å². The number of Topliss-reactive ketones (excluding diaryl/α,β-unsaturated/α-hetero) is 1. The SMILES string of the molecule is O=C1CCC(C(=O)Cl)c2ccc(Cl)cc21. The number of carbonyl (C=O) groups is 2. The van der Waals surface area contributed by atoms with Crippen LogP contribution in [0.1, 0.15) is 34.7 Å². The molecule has 1 atom stereocenters. The molecule has 0 fully saturated rings. The van der Waals surface area contributed by atoms with Gasteiger partial charge in [0.2, 0.25) is 5.24 Å². The van der Waals surface area contributed by atoms with Crippen LogP contribution in [0.2, 0.25) is 5.02 Å². The van der Waals surface area contributed by atoms with Gasteiger partial charge in [-0.15, -0.1) is 0 Å². The first kappa shape index (κ1) is 10.7. The van der Waals surface area contributed by atoms with Gasteiger partial charge in [-0.2, -0.15) is 0 Å². The third kappa shape index (κ3) is 1.92. The molecule has 1 aliphatic rings. The Hall–Kier alpha value is -0.860. The minimum Gasteiger partial charge on any atom is -0.294 e. The van der Waals surface area contributed by atoms with E-state index in [4.69, 9.17) is 23.2 Å². The van der Waals surface area contributed by atoms with E-state index in [2.05, 4.69) is 0 Å². The van der Waals surface area contributed by atoms with Gasteiger partial charge in [-0.05, 0) is 35.7 Å². The maximum Gasteiger partial charge on any atom is 0.229 e. The van der Waals surface area contributed by atoms with E-state index in [1.54, 1.807) is 18.2 Å². The van der Waals surface area contributed by atoms with Crippen LogP contribution in [0.3, 0.4) is 0 Å². The predicted molar refractivity (Wildman–Crippen MR) is 58.6 cm³/mol. The molecular formula is C11H8Cl2O2. The maximum atomic E-state index is 11.6. The smallest absolute Gasteiger partial charge is 0.229 e. The fourth-order valence-corrected chi connectivity index (χ4v) is 2.27. The summed E-state index contributed by atoms with van der Waals surface area (Å²) in [6.07, 6.45) is 0.853. The monoisotopic (exact) mass is 242 g/mol. The molecular weight excluding hydrogens is 235 g/mol. The van der Waals surface area contributed by atoms with Crippen molar-refractivity contribution in [3.05, 3.63) is 34.3 Å². The first-order valence-electron chi connectivity index (χ1n) is 4.61. The number of ketones is 1. The number of hydrogen-bond acceptors (Lipinski definition) is 2. The molecule has 0 N–H and O–H groups in total. The lowest BCUT2D eigenvalue weighted by molar-refractivity contribution is -0.113. The van der Waals surface area contributed by atoms with Crippen molar-refractivity contribution in [1.82, 2.24) is 0 Å². The van der Waals surface area contributed by atoms with Crippen molar-refractivity contribution in [3.63, 3.8) is 0 Å². The molecule has 78 valence electrons. The van der Waals surface area contributed by atoms with Gasteiger partial charge in [0.25, 0.3) is 0 Å². The minimum absolute atomic E-state index is 0.0293. The zero-order valence-corrected chi connectivity index (χ0v) is 9.31. The van der Waals surface area contributed by atoms with Gasteiger partial charge in [0.1, 0.15) is 0 Å². The van der Waals surface area contributed by atoms with Gasteiger partial charge in [-0.3, -0.25) is 9.59 Å². The summed E-state index contributed by atoms with van der Waals surface area (Å²) in [7, 11) is 0. The molecule has 0 amide bonds. The summed E-state index contributed by atoms with van der Waals surface area (Å²) in [4.78, 5) is 22.8. The molecule has 0 bridgehead atoms. The Morgan fingerprint density at radius 2 is 2.13 bits per heavy atom. The molecule has 1 aromatic carbocycles. The van der Waals surface area contributed by atoms with Gasteiger partial charge in [0.05, 0.1) is 5.92 Å². The molecule has 0 aliphatic heterocycles. The summed E-state index contributed by atoms with van der Waals surface area (Å²) in [5.41, 5.74) is 1.24. The highest BCUT2D eigenvalue weighted by molar-refractivity contribution is 6.64. The van der Waals surface area contributed by atoms with E-state index >= 15 is 0 Å². The Morgan fingerprint density at radius 3 is 2.80 bits per heavy atom. The summed E-state index contributed by atoms with van der Waals surface area (Å²) in [6, 6.07) is 4.98. The number of rotatable bonds is 1. The Bertz CT molecular complexity index is 440. The first-order chi connectivity index (χ1) is 7.09. The second kappa shape index (κ2) is 3.95. The number of benzene rings is 1. The quantitative estimate of drug-likeness (QED) is 0.710. The molecule has 0 saturated carbocycles. The van der Waals surface area contributed by atoms with Crippen molar-refractivity contribution in [3.8, 4) is 0 Å². The Balaban J connectivity index is 2.55. The van der Waals surface area contributed by atoms with Crippen molar-refractivity contribution in [2.24, 2.45) is 0 Å². The van der Waals surface area contributed by atoms with E-state index in [1.165, 1.54) is 0 Å². The highest BCUT2D eigenvalue weighted by atomic mass is 35.5. The third-order valence-corrected chi connectivity index (χ3v) is 3.12. The standard InChI is InChI=1S/C11H8Cl2O2/c12-6-1-2-7-8(11(13)15)3-4-10(14)9(7)5-6/h1-2,5,8H,3-4H2. The van der Waals surface area contributed by atoms with Crippen molar-refractivity contribution in [1.29, 1.82) is 0 Å². The van der Waals surface area contributed by atoms with Crippen LogP contribution in [0.25, 0.3) is 0 Å². The summed E-state index contributed by atoms with van der Waals surface area (Å²) in [5, 5.41) is 0.0934. The molecule has 0 radical (unpaired) electrons. The lowest BCUT2D eigenvalue weighted by atomic mass is 9.83. The van der Waals surface area contributed by atoms with E-state index in [0.29, 0.717) is 29.0 Å².